The molecule has 2 aromatic rings. The highest BCUT2D eigenvalue weighted by molar-refractivity contribution is 6.42. The summed E-state index contributed by atoms with van der Waals surface area (Å²) < 4.78 is 9.64. The molecule has 0 atom stereocenters. The molecule has 0 aliphatic heterocycles. The number of carbonyl (C=O) groups excluding carboxylic acids is 3. The number of alkyl carbamates (subject to hydrolysis) is 1. The van der Waals surface area contributed by atoms with Gasteiger partial charge < -0.3 is 19.8 Å². The van der Waals surface area contributed by atoms with Crippen LogP contribution in [0.1, 0.15) is 36.7 Å². The van der Waals surface area contributed by atoms with Crippen LogP contribution in [0, 0.1) is 0 Å². The predicted octanol–water partition coefficient (Wildman–Crippen LogP) is 2.59. The highest BCUT2D eigenvalue weighted by Crippen LogP contribution is 2.21. The molecular weight excluding hydrogens is 324 g/mol. The third-order valence-corrected chi connectivity index (χ3v) is 3.44. The number of hydrogen-bond donors (Lipinski definition) is 2. The van der Waals surface area contributed by atoms with E-state index in [1.165, 1.54) is 13.3 Å². The van der Waals surface area contributed by atoms with E-state index in [1.807, 2.05) is 12.1 Å². The van der Waals surface area contributed by atoms with Gasteiger partial charge in [-0.15, -0.1) is 0 Å². The Morgan fingerprint density at radius 3 is 2.56 bits per heavy atom. The van der Waals surface area contributed by atoms with Crippen LogP contribution in [0.15, 0.2) is 24.4 Å². The highest BCUT2D eigenvalue weighted by atomic mass is 16.6. The first-order chi connectivity index (χ1) is 11.7. The Morgan fingerprint density at radius 2 is 1.92 bits per heavy atom. The zero-order valence-corrected chi connectivity index (χ0v) is 14.8. The molecule has 1 aromatic carbocycles. The Bertz CT molecular complexity index is 801. The minimum atomic E-state index is -0.897. The summed E-state index contributed by atoms with van der Waals surface area (Å²) in [5, 5.41) is 3.35. The molecule has 7 nitrogen and oxygen atoms in total. The molecule has 0 radical (unpaired) electrons. The Kier molecular flexibility index (Phi) is 5.46. The van der Waals surface area contributed by atoms with E-state index in [4.69, 9.17) is 4.74 Å². The van der Waals surface area contributed by atoms with E-state index in [-0.39, 0.29) is 5.56 Å². The first-order valence-corrected chi connectivity index (χ1v) is 7.91. The molecule has 0 fully saturated rings. The number of ether oxygens (including phenoxy) is 2. The molecule has 0 unspecified atom stereocenters. The molecule has 0 aliphatic carbocycles. The number of carbonyl (C=O) groups is 3. The fourth-order valence-corrected chi connectivity index (χ4v) is 2.34. The number of hydrogen-bond acceptors (Lipinski definition) is 5. The number of aromatic amines is 1. The molecule has 0 bridgehead atoms. The highest BCUT2D eigenvalue weighted by Gasteiger charge is 2.20. The number of amides is 1. The van der Waals surface area contributed by atoms with Crippen molar-refractivity contribution in [1.29, 1.82) is 0 Å². The SMILES string of the molecule is COC(=O)C(=O)c1c[nH]c2cc(CCNC(=O)OC(C)(C)C)ccc12. The van der Waals surface area contributed by atoms with Gasteiger partial charge in [0, 0.05) is 23.6 Å². The van der Waals surface area contributed by atoms with Crippen LogP contribution in [-0.4, -0.2) is 42.1 Å². The summed E-state index contributed by atoms with van der Waals surface area (Å²) in [5.41, 5.74) is 1.46. The summed E-state index contributed by atoms with van der Waals surface area (Å²) in [6, 6.07) is 5.49. The van der Waals surface area contributed by atoms with Crippen LogP contribution in [0.5, 0.6) is 0 Å². The maximum absolute atomic E-state index is 11.9. The normalized spacial score (nSPS) is 11.2. The van der Waals surface area contributed by atoms with E-state index in [0.29, 0.717) is 18.4 Å². The minimum Gasteiger partial charge on any atom is -0.463 e. The number of Topliss-reactive ketones (excluding diaryl/α,β-unsaturated/α-hetero) is 1. The van der Waals surface area contributed by atoms with E-state index in [2.05, 4.69) is 15.0 Å². The monoisotopic (exact) mass is 346 g/mol. The summed E-state index contributed by atoms with van der Waals surface area (Å²) in [7, 11) is 1.17. The van der Waals surface area contributed by atoms with E-state index in [9.17, 15) is 14.4 Å². The Balaban J connectivity index is 2.02. The van der Waals surface area contributed by atoms with Crippen LogP contribution in [0.4, 0.5) is 4.79 Å². The zero-order chi connectivity index (χ0) is 18.6. The van der Waals surface area contributed by atoms with Gasteiger partial charge >= 0.3 is 12.1 Å². The second kappa shape index (κ2) is 7.38. The summed E-state index contributed by atoms with van der Waals surface area (Å²) >= 11 is 0. The Morgan fingerprint density at radius 1 is 1.20 bits per heavy atom. The standard InChI is InChI=1S/C18H22N2O5/c1-18(2,3)25-17(23)19-8-7-11-5-6-12-13(10-20-14(12)9-11)15(21)16(22)24-4/h5-6,9-10,20H,7-8H2,1-4H3,(H,19,23). The van der Waals surface area contributed by atoms with Gasteiger partial charge in [-0.1, -0.05) is 12.1 Å². The summed E-state index contributed by atoms with van der Waals surface area (Å²) in [6.07, 6.45) is 1.64. The van der Waals surface area contributed by atoms with Crippen molar-refractivity contribution in [2.24, 2.45) is 0 Å². The molecule has 0 spiro atoms. The van der Waals surface area contributed by atoms with Crippen molar-refractivity contribution in [1.82, 2.24) is 10.3 Å². The molecule has 0 saturated carbocycles. The van der Waals surface area contributed by atoms with Crippen LogP contribution in [0.2, 0.25) is 0 Å². The van der Waals surface area contributed by atoms with Gasteiger partial charge in [0.1, 0.15) is 5.60 Å². The van der Waals surface area contributed by atoms with Gasteiger partial charge in [-0.2, -0.15) is 0 Å². The number of fused-ring (bicyclic) bond motifs is 1. The predicted molar refractivity (Wildman–Crippen MR) is 92.6 cm³/mol. The Hall–Kier alpha value is -2.83. The van der Waals surface area contributed by atoms with Crippen molar-refractivity contribution in [3.05, 3.63) is 35.5 Å². The van der Waals surface area contributed by atoms with E-state index in [1.54, 1.807) is 26.8 Å². The van der Waals surface area contributed by atoms with Crippen LogP contribution in [0.25, 0.3) is 10.9 Å². The topological polar surface area (TPSA) is 97.5 Å². The van der Waals surface area contributed by atoms with Crippen molar-refractivity contribution in [2.75, 3.05) is 13.7 Å². The van der Waals surface area contributed by atoms with Gasteiger partial charge in [0.25, 0.3) is 5.78 Å². The van der Waals surface area contributed by atoms with Gasteiger partial charge in [0.2, 0.25) is 0 Å². The van der Waals surface area contributed by atoms with Gasteiger partial charge in [-0.3, -0.25) is 4.79 Å². The second-order valence-electron chi connectivity index (χ2n) is 6.58. The summed E-state index contributed by atoms with van der Waals surface area (Å²) in [5.74, 6) is -1.58. The smallest absolute Gasteiger partial charge is 0.407 e. The Labute approximate surface area is 145 Å². The number of esters is 1. The maximum atomic E-state index is 11.9. The lowest BCUT2D eigenvalue weighted by molar-refractivity contribution is -0.135. The number of methoxy groups -OCH3 is 1. The van der Waals surface area contributed by atoms with Gasteiger partial charge in [0.05, 0.1) is 12.7 Å². The molecular formula is C18H22N2O5. The number of rotatable bonds is 5. The molecule has 0 aliphatic rings. The van der Waals surface area contributed by atoms with E-state index in [0.717, 1.165) is 11.1 Å². The average Bonchev–Trinajstić information content (AvgIpc) is 2.94. The van der Waals surface area contributed by atoms with Gasteiger partial charge in [0.15, 0.2) is 0 Å². The van der Waals surface area contributed by atoms with E-state index < -0.39 is 23.4 Å². The molecule has 2 rings (SSSR count). The van der Waals surface area contributed by atoms with Crippen molar-refractivity contribution < 1.29 is 23.9 Å². The molecule has 0 saturated heterocycles. The third kappa shape index (κ3) is 4.82. The molecule has 1 aromatic heterocycles. The number of nitrogens with one attached hydrogen (secondary N) is 2. The maximum Gasteiger partial charge on any atom is 0.407 e. The van der Waals surface area contributed by atoms with Gasteiger partial charge in [-0.25, -0.2) is 9.59 Å². The molecule has 7 heteroatoms. The van der Waals surface area contributed by atoms with Crippen LogP contribution < -0.4 is 5.32 Å². The lowest BCUT2D eigenvalue weighted by Gasteiger charge is -2.19. The number of aromatic nitrogens is 1. The van der Waals surface area contributed by atoms with Gasteiger partial charge in [-0.05, 0) is 38.8 Å². The molecule has 1 heterocycles. The largest absolute Gasteiger partial charge is 0.463 e. The lowest BCUT2D eigenvalue weighted by atomic mass is 10.1. The van der Waals surface area contributed by atoms with Crippen molar-refractivity contribution >= 4 is 28.7 Å². The number of benzene rings is 1. The van der Waals surface area contributed by atoms with Crippen LogP contribution in [-0.2, 0) is 20.7 Å². The molecule has 1 amide bonds. The van der Waals surface area contributed by atoms with Crippen LogP contribution >= 0.6 is 0 Å². The van der Waals surface area contributed by atoms with E-state index >= 15 is 0 Å². The second-order valence-corrected chi connectivity index (χ2v) is 6.58. The summed E-state index contributed by atoms with van der Waals surface area (Å²) in [6.45, 7) is 5.84. The van der Waals surface area contributed by atoms with Crippen molar-refractivity contribution in [2.45, 2.75) is 32.8 Å². The summed E-state index contributed by atoms with van der Waals surface area (Å²) in [4.78, 5) is 37.9. The first-order valence-electron chi connectivity index (χ1n) is 7.91. The zero-order valence-electron chi connectivity index (χ0n) is 14.8. The van der Waals surface area contributed by atoms with Crippen molar-refractivity contribution in [3.63, 3.8) is 0 Å². The minimum absolute atomic E-state index is 0.278. The molecule has 25 heavy (non-hydrogen) atoms. The number of ketones is 1. The van der Waals surface area contributed by atoms with Crippen molar-refractivity contribution in [3.8, 4) is 0 Å². The fourth-order valence-electron chi connectivity index (χ4n) is 2.34. The average molecular weight is 346 g/mol. The lowest BCUT2D eigenvalue weighted by Crippen LogP contribution is -2.33. The molecule has 2 N–H and O–H groups in total. The first kappa shape index (κ1) is 18.5. The molecule has 134 valence electrons. The van der Waals surface area contributed by atoms with Crippen LogP contribution in [0.3, 0.4) is 0 Å². The number of H-pyrrole nitrogens is 1. The quantitative estimate of drug-likeness (QED) is 0.493. The fraction of sp³-hybridized carbons (Fsp3) is 0.389. The third-order valence-electron chi connectivity index (χ3n) is 3.44.